The number of hydrogen-bond acceptors (Lipinski definition) is 3. The maximum absolute atomic E-state index is 10.2. The number of aryl methyl sites for hydroxylation is 1. The summed E-state index contributed by atoms with van der Waals surface area (Å²) in [5.41, 5.74) is 2.55. The van der Waals surface area contributed by atoms with Crippen molar-refractivity contribution >= 4 is 0 Å². The Hall–Kier alpha value is -1.87. The summed E-state index contributed by atoms with van der Waals surface area (Å²) in [6.07, 6.45) is 1.06. The molecular weight excluding hydrogens is 226 g/mol. The van der Waals surface area contributed by atoms with Crippen LogP contribution in [0.2, 0.25) is 0 Å². The standard InChI is InChI=1S/C15H17NO2/c1-3-18-13-7-5-12(6-8-13)15(17)14-9-4-11(2)10-16-14/h4-10,15,17H,3H2,1-2H3. The first kappa shape index (κ1) is 12.6. The molecule has 0 aliphatic heterocycles. The van der Waals surface area contributed by atoms with Crippen molar-refractivity contribution in [2.75, 3.05) is 6.61 Å². The second-order valence-corrected chi connectivity index (χ2v) is 4.16. The monoisotopic (exact) mass is 243 g/mol. The molecule has 1 aromatic carbocycles. The molecule has 94 valence electrons. The summed E-state index contributed by atoms with van der Waals surface area (Å²) in [7, 11) is 0. The number of nitrogens with zero attached hydrogens (tertiary/aromatic N) is 1. The molecule has 0 fully saturated rings. The normalized spacial score (nSPS) is 12.2. The van der Waals surface area contributed by atoms with E-state index in [0.29, 0.717) is 12.3 Å². The smallest absolute Gasteiger partial charge is 0.121 e. The summed E-state index contributed by atoms with van der Waals surface area (Å²) in [5, 5.41) is 10.2. The Labute approximate surface area is 107 Å². The van der Waals surface area contributed by atoms with Gasteiger partial charge in [-0.3, -0.25) is 4.98 Å². The molecular formula is C15H17NO2. The number of rotatable bonds is 4. The molecule has 0 radical (unpaired) electrons. The minimum atomic E-state index is -0.693. The molecule has 0 spiro atoms. The predicted molar refractivity (Wildman–Crippen MR) is 70.6 cm³/mol. The molecule has 2 rings (SSSR count). The van der Waals surface area contributed by atoms with Crippen LogP contribution in [0.1, 0.15) is 29.8 Å². The average Bonchev–Trinajstić information content (AvgIpc) is 2.40. The quantitative estimate of drug-likeness (QED) is 0.897. The average molecular weight is 243 g/mol. The summed E-state index contributed by atoms with van der Waals surface area (Å²) in [4.78, 5) is 4.23. The van der Waals surface area contributed by atoms with E-state index < -0.39 is 6.10 Å². The number of aliphatic hydroxyl groups is 1. The maximum Gasteiger partial charge on any atom is 0.121 e. The van der Waals surface area contributed by atoms with Crippen LogP contribution in [0.15, 0.2) is 42.6 Å². The van der Waals surface area contributed by atoms with E-state index in [-0.39, 0.29) is 0 Å². The Kier molecular flexibility index (Phi) is 3.95. The Morgan fingerprint density at radius 2 is 1.89 bits per heavy atom. The van der Waals surface area contributed by atoms with E-state index in [1.54, 1.807) is 6.20 Å². The first-order valence-corrected chi connectivity index (χ1v) is 6.04. The molecule has 1 aromatic heterocycles. The van der Waals surface area contributed by atoms with Crippen LogP contribution in [0.4, 0.5) is 0 Å². The fourth-order valence-electron chi connectivity index (χ4n) is 1.72. The molecule has 0 aliphatic carbocycles. The molecule has 0 bridgehead atoms. The Morgan fingerprint density at radius 1 is 1.17 bits per heavy atom. The lowest BCUT2D eigenvalue weighted by atomic mass is 10.1. The van der Waals surface area contributed by atoms with Crippen LogP contribution in [-0.4, -0.2) is 16.7 Å². The third-order valence-corrected chi connectivity index (χ3v) is 2.72. The van der Waals surface area contributed by atoms with Crippen LogP contribution >= 0.6 is 0 Å². The van der Waals surface area contributed by atoms with Crippen molar-refractivity contribution in [1.29, 1.82) is 0 Å². The zero-order valence-electron chi connectivity index (χ0n) is 10.6. The number of benzene rings is 1. The SMILES string of the molecule is CCOc1ccc(C(O)c2ccc(C)cn2)cc1. The van der Waals surface area contributed by atoms with Crippen molar-refractivity contribution in [3.8, 4) is 5.75 Å². The molecule has 0 saturated heterocycles. The van der Waals surface area contributed by atoms with E-state index in [0.717, 1.165) is 16.9 Å². The van der Waals surface area contributed by atoms with Gasteiger partial charge in [0.05, 0.1) is 12.3 Å². The Morgan fingerprint density at radius 3 is 2.44 bits per heavy atom. The lowest BCUT2D eigenvalue weighted by Crippen LogP contribution is -2.02. The van der Waals surface area contributed by atoms with Crippen LogP contribution in [0.5, 0.6) is 5.75 Å². The number of aliphatic hydroxyl groups excluding tert-OH is 1. The fraction of sp³-hybridized carbons (Fsp3) is 0.267. The van der Waals surface area contributed by atoms with Crippen LogP contribution in [0.3, 0.4) is 0 Å². The van der Waals surface area contributed by atoms with Gasteiger partial charge >= 0.3 is 0 Å². The van der Waals surface area contributed by atoms with Crippen molar-refractivity contribution in [2.24, 2.45) is 0 Å². The second kappa shape index (κ2) is 5.65. The zero-order valence-corrected chi connectivity index (χ0v) is 10.6. The largest absolute Gasteiger partial charge is 0.494 e. The number of pyridine rings is 1. The highest BCUT2D eigenvalue weighted by Gasteiger charge is 2.11. The summed E-state index contributed by atoms with van der Waals surface area (Å²) in [6, 6.07) is 11.2. The van der Waals surface area contributed by atoms with Gasteiger partial charge in [-0.2, -0.15) is 0 Å². The summed E-state index contributed by atoms with van der Waals surface area (Å²) < 4.78 is 5.36. The van der Waals surface area contributed by atoms with E-state index in [9.17, 15) is 5.11 Å². The highest BCUT2D eigenvalue weighted by molar-refractivity contribution is 5.32. The number of ether oxygens (including phenoxy) is 1. The maximum atomic E-state index is 10.2. The van der Waals surface area contributed by atoms with Gasteiger partial charge in [0, 0.05) is 6.20 Å². The van der Waals surface area contributed by atoms with Crippen molar-refractivity contribution in [3.05, 3.63) is 59.4 Å². The number of aromatic nitrogens is 1. The molecule has 3 nitrogen and oxygen atoms in total. The van der Waals surface area contributed by atoms with Gasteiger partial charge in [0.2, 0.25) is 0 Å². The molecule has 18 heavy (non-hydrogen) atoms. The van der Waals surface area contributed by atoms with Crippen LogP contribution in [0, 0.1) is 6.92 Å². The van der Waals surface area contributed by atoms with Crippen LogP contribution < -0.4 is 4.74 Å². The minimum absolute atomic E-state index is 0.640. The first-order chi connectivity index (χ1) is 8.70. The van der Waals surface area contributed by atoms with E-state index >= 15 is 0 Å². The molecule has 0 saturated carbocycles. The third-order valence-electron chi connectivity index (χ3n) is 2.72. The summed E-state index contributed by atoms with van der Waals surface area (Å²) >= 11 is 0. The van der Waals surface area contributed by atoms with Crippen LogP contribution in [0.25, 0.3) is 0 Å². The molecule has 1 atom stereocenters. The van der Waals surface area contributed by atoms with Gasteiger partial charge < -0.3 is 9.84 Å². The molecule has 2 aromatic rings. The van der Waals surface area contributed by atoms with Crippen molar-refractivity contribution < 1.29 is 9.84 Å². The van der Waals surface area contributed by atoms with Gasteiger partial charge in [-0.15, -0.1) is 0 Å². The van der Waals surface area contributed by atoms with Gasteiger partial charge in [-0.05, 0) is 43.2 Å². The van der Waals surface area contributed by atoms with Gasteiger partial charge in [0.1, 0.15) is 11.9 Å². The lowest BCUT2D eigenvalue weighted by molar-refractivity contribution is 0.215. The van der Waals surface area contributed by atoms with Gasteiger partial charge in [0.25, 0.3) is 0 Å². The van der Waals surface area contributed by atoms with Gasteiger partial charge in [0.15, 0.2) is 0 Å². The van der Waals surface area contributed by atoms with Crippen LogP contribution in [-0.2, 0) is 0 Å². The van der Waals surface area contributed by atoms with E-state index in [4.69, 9.17) is 4.74 Å². The van der Waals surface area contributed by atoms with E-state index in [1.165, 1.54) is 0 Å². The lowest BCUT2D eigenvalue weighted by Gasteiger charge is -2.11. The van der Waals surface area contributed by atoms with Gasteiger partial charge in [-0.1, -0.05) is 18.2 Å². The fourth-order valence-corrected chi connectivity index (χ4v) is 1.72. The predicted octanol–water partition coefficient (Wildman–Crippen LogP) is 2.87. The molecule has 1 heterocycles. The topological polar surface area (TPSA) is 42.4 Å². The van der Waals surface area contributed by atoms with E-state index in [2.05, 4.69) is 4.98 Å². The molecule has 3 heteroatoms. The zero-order chi connectivity index (χ0) is 13.0. The number of hydrogen-bond donors (Lipinski definition) is 1. The van der Waals surface area contributed by atoms with Crippen molar-refractivity contribution in [1.82, 2.24) is 4.98 Å². The Bertz CT molecular complexity index is 491. The van der Waals surface area contributed by atoms with Crippen molar-refractivity contribution in [3.63, 3.8) is 0 Å². The molecule has 1 unspecified atom stereocenters. The second-order valence-electron chi connectivity index (χ2n) is 4.16. The highest BCUT2D eigenvalue weighted by atomic mass is 16.5. The van der Waals surface area contributed by atoms with Crippen molar-refractivity contribution in [2.45, 2.75) is 20.0 Å². The summed E-state index contributed by atoms with van der Waals surface area (Å²) in [6.45, 7) is 4.56. The molecule has 1 N–H and O–H groups in total. The Balaban J connectivity index is 2.17. The minimum Gasteiger partial charge on any atom is -0.494 e. The molecule has 0 aliphatic rings. The highest BCUT2D eigenvalue weighted by Crippen LogP contribution is 2.22. The third kappa shape index (κ3) is 2.87. The van der Waals surface area contributed by atoms with Gasteiger partial charge in [-0.25, -0.2) is 0 Å². The van der Waals surface area contributed by atoms with E-state index in [1.807, 2.05) is 50.2 Å². The summed E-state index contributed by atoms with van der Waals surface area (Å²) in [5.74, 6) is 0.810. The molecule has 0 amide bonds. The first-order valence-electron chi connectivity index (χ1n) is 6.04.